The van der Waals surface area contributed by atoms with Crippen molar-refractivity contribution in [2.24, 2.45) is 0 Å². The molecule has 154 valence electrons. The van der Waals surface area contributed by atoms with E-state index in [1.807, 2.05) is 36.4 Å². The number of aliphatic hydroxyl groups excluding tert-OH is 1. The van der Waals surface area contributed by atoms with Crippen LogP contribution in [0.5, 0.6) is 5.75 Å². The van der Waals surface area contributed by atoms with Crippen molar-refractivity contribution in [3.63, 3.8) is 0 Å². The van der Waals surface area contributed by atoms with Crippen LogP contribution in [-0.2, 0) is 0 Å². The van der Waals surface area contributed by atoms with Crippen molar-refractivity contribution < 1.29 is 14.6 Å². The molecule has 0 aliphatic carbocycles. The van der Waals surface area contributed by atoms with Crippen LogP contribution in [0.4, 0.5) is 10.6 Å². The maximum absolute atomic E-state index is 12.9. The highest BCUT2D eigenvalue weighted by molar-refractivity contribution is 5.72. The van der Waals surface area contributed by atoms with Gasteiger partial charge in [0.25, 0.3) is 0 Å². The van der Waals surface area contributed by atoms with Crippen molar-refractivity contribution >= 4 is 11.9 Å². The van der Waals surface area contributed by atoms with Crippen LogP contribution in [0.3, 0.4) is 0 Å². The number of hydrogen-bond acceptors (Lipinski definition) is 7. The molecule has 1 aromatic carbocycles. The first-order valence-corrected chi connectivity index (χ1v) is 9.81. The van der Waals surface area contributed by atoms with Gasteiger partial charge in [-0.25, -0.2) is 14.8 Å². The lowest BCUT2D eigenvalue weighted by molar-refractivity contribution is 0.124. The molecule has 1 fully saturated rings. The molecule has 1 saturated heterocycles. The van der Waals surface area contributed by atoms with Gasteiger partial charge in [-0.3, -0.25) is 9.88 Å². The van der Waals surface area contributed by atoms with Gasteiger partial charge in [0.15, 0.2) is 11.6 Å². The molecule has 1 aliphatic heterocycles. The van der Waals surface area contributed by atoms with Crippen LogP contribution in [0.25, 0.3) is 0 Å². The summed E-state index contributed by atoms with van der Waals surface area (Å²) in [4.78, 5) is 29.4. The van der Waals surface area contributed by atoms with E-state index in [1.54, 1.807) is 36.4 Å². The second-order valence-corrected chi connectivity index (χ2v) is 7.07. The van der Waals surface area contributed by atoms with E-state index in [0.717, 1.165) is 11.4 Å². The fourth-order valence-electron chi connectivity index (χ4n) is 3.48. The summed E-state index contributed by atoms with van der Waals surface area (Å²) >= 11 is 0. The molecule has 1 aliphatic rings. The minimum absolute atomic E-state index is 0.214. The third kappa shape index (κ3) is 4.38. The van der Waals surface area contributed by atoms with Gasteiger partial charge in [-0.15, -0.1) is 0 Å². The normalized spacial score (nSPS) is 17.5. The Morgan fingerprint density at radius 3 is 2.70 bits per heavy atom. The van der Waals surface area contributed by atoms with Crippen LogP contribution in [-0.4, -0.2) is 50.7 Å². The highest BCUT2D eigenvalue weighted by Gasteiger charge is 2.33. The van der Waals surface area contributed by atoms with Crippen LogP contribution in [0, 0.1) is 0 Å². The molecule has 3 heterocycles. The van der Waals surface area contributed by atoms with E-state index in [0.29, 0.717) is 31.2 Å². The van der Waals surface area contributed by atoms with Gasteiger partial charge in [0.2, 0.25) is 0 Å². The molecule has 1 amide bonds. The summed E-state index contributed by atoms with van der Waals surface area (Å²) in [6, 6.07) is 14.9. The molecule has 0 radical (unpaired) electrons. The fraction of sp³-hybridized carbons (Fsp3) is 0.273. The van der Waals surface area contributed by atoms with Gasteiger partial charge in [0, 0.05) is 32.0 Å². The van der Waals surface area contributed by atoms with Crippen molar-refractivity contribution in [1.82, 2.24) is 19.9 Å². The SMILES string of the molecule is CC(O)c1nccc(N2CCN(C(=O)Oc3cccnc3)C(c3ccccc3)C2)n1. The number of ether oxygens (including phenoxy) is 1. The maximum Gasteiger partial charge on any atom is 0.415 e. The molecule has 3 aromatic rings. The fourth-order valence-corrected chi connectivity index (χ4v) is 3.48. The van der Waals surface area contributed by atoms with Crippen LogP contribution in [0.1, 0.15) is 30.5 Å². The second kappa shape index (κ2) is 8.87. The third-order valence-electron chi connectivity index (χ3n) is 5.00. The number of pyridine rings is 1. The number of aliphatic hydroxyl groups is 1. The lowest BCUT2D eigenvalue weighted by Gasteiger charge is -2.41. The Labute approximate surface area is 174 Å². The van der Waals surface area contributed by atoms with Crippen molar-refractivity contribution in [1.29, 1.82) is 0 Å². The standard InChI is InChI=1S/C22H23N5O3/c1-16(28)21-24-11-9-20(25-21)26-12-13-27(19(15-26)17-6-3-2-4-7-17)22(29)30-18-8-5-10-23-14-18/h2-11,14,16,19,28H,12-13,15H2,1H3. The number of piperazine rings is 1. The molecule has 8 nitrogen and oxygen atoms in total. The molecule has 30 heavy (non-hydrogen) atoms. The number of nitrogens with zero attached hydrogens (tertiary/aromatic N) is 5. The molecular weight excluding hydrogens is 382 g/mol. The van der Waals surface area contributed by atoms with Gasteiger partial charge in [0.1, 0.15) is 11.9 Å². The smallest absolute Gasteiger partial charge is 0.409 e. The highest BCUT2D eigenvalue weighted by Crippen LogP contribution is 2.29. The lowest BCUT2D eigenvalue weighted by Crippen LogP contribution is -2.51. The van der Waals surface area contributed by atoms with Crippen molar-refractivity contribution in [2.45, 2.75) is 19.1 Å². The lowest BCUT2D eigenvalue weighted by atomic mass is 10.0. The highest BCUT2D eigenvalue weighted by atomic mass is 16.6. The molecular formula is C22H23N5O3. The maximum atomic E-state index is 12.9. The Morgan fingerprint density at radius 2 is 1.97 bits per heavy atom. The Balaban J connectivity index is 1.58. The zero-order valence-corrected chi connectivity index (χ0v) is 16.6. The average Bonchev–Trinajstić information content (AvgIpc) is 2.80. The van der Waals surface area contributed by atoms with E-state index in [1.165, 1.54) is 6.20 Å². The summed E-state index contributed by atoms with van der Waals surface area (Å²) in [5, 5.41) is 9.81. The molecule has 4 rings (SSSR count). The van der Waals surface area contributed by atoms with E-state index in [-0.39, 0.29) is 6.04 Å². The minimum atomic E-state index is -0.745. The zero-order valence-electron chi connectivity index (χ0n) is 16.6. The largest absolute Gasteiger partial charge is 0.415 e. The van der Waals surface area contributed by atoms with E-state index in [4.69, 9.17) is 4.74 Å². The number of carbonyl (C=O) groups is 1. The first-order valence-electron chi connectivity index (χ1n) is 9.81. The first-order chi connectivity index (χ1) is 14.6. The van der Waals surface area contributed by atoms with Crippen LogP contribution in [0.2, 0.25) is 0 Å². The van der Waals surface area contributed by atoms with Crippen molar-refractivity contribution in [3.05, 3.63) is 78.5 Å². The number of carbonyl (C=O) groups excluding carboxylic acids is 1. The molecule has 0 spiro atoms. The summed E-state index contributed by atoms with van der Waals surface area (Å²) in [6.07, 6.45) is 3.63. The Morgan fingerprint density at radius 1 is 1.13 bits per heavy atom. The minimum Gasteiger partial charge on any atom is -0.409 e. The topological polar surface area (TPSA) is 91.7 Å². The molecule has 0 saturated carbocycles. The quantitative estimate of drug-likeness (QED) is 0.713. The van der Waals surface area contributed by atoms with E-state index in [2.05, 4.69) is 19.9 Å². The predicted molar refractivity (Wildman–Crippen MR) is 111 cm³/mol. The average molecular weight is 405 g/mol. The summed E-state index contributed by atoms with van der Waals surface area (Å²) in [5.74, 6) is 1.51. The van der Waals surface area contributed by atoms with E-state index >= 15 is 0 Å². The van der Waals surface area contributed by atoms with E-state index < -0.39 is 12.2 Å². The number of hydrogen-bond donors (Lipinski definition) is 1. The molecule has 2 unspecified atom stereocenters. The number of amides is 1. The van der Waals surface area contributed by atoms with Gasteiger partial charge in [-0.05, 0) is 30.7 Å². The molecule has 1 N–H and O–H groups in total. The third-order valence-corrected chi connectivity index (χ3v) is 5.00. The number of benzene rings is 1. The molecule has 2 aromatic heterocycles. The molecule has 0 bridgehead atoms. The summed E-state index contributed by atoms with van der Waals surface area (Å²) < 4.78 is 5.54. The predicted octanol–water partition coefficient (Wildman–Crippen LogP) is 2.99. The first kappa shape index (κ1) is 19.8. The van der Waals surface area contributed by atoms with Gasteiger partial charge in [-0.2, -0.15) is 0 Å². The van der Waals surface area contributed by atoms with Gasteiger partial charge in [0.05, 0.1) is 12.2 Å². The van der Waals surface area contributed by atoms with Gasteiger partial charge < -0.3 is 14.7 Å². The zero-order chi connectivity index (χ0) is 20.9. The summed E-state index contributed by atoms with van der Waals surface area (Å²) in [5.41, 5.74) is 1.01. The molecule has 2 atom stereocenters. The van der Waals surface area contributed by atoms with Crippen LogP contribution in [0.15, 0.2) is 67.1 Å². The van der Waals surface area contributed by atoms with E-state index in [9.17, 15) is 9.90 Å². The Hall–Kier alpha value is -3.52. The number of rotatable bonds is 4. The van der Waals surface area contributed by atoms with Crippen LogP contribution < -0.4 is 9.64 Å². The number of aromatic nitrogens is 3. The number of anilines is 1. The Bertz CT molecular complexity index is 984. The summed E-state index contributed by atoms with van der Waals surface area (Å²) in [7, 11) is 0. The van der Waals surface area contributed by atoms with Gasteiger partial charge >= 0.3 is 6.09 Å². The van der Waals surface area contributed by atoms with Crippen molar-refractivity contribution in [3.8, 4) is 5.75 Å². The van der Waals surface area contributed by atoms with Crippen LogP contribution >= 0.6 is 0 Å². The second-order valence-electron chi connectivity index (χ2n) is 7.07. The molecule has 8 heteroatoms. The Kier molecular flexibility index (Phi) is 5.85. The monoisotopic (exact) mass is 405 g/mol. The van der Waals surface area contributed by atoms with Gasteiger partial charge in [-0.1, -0.05) is 30.3 Å². The summed E-state index contributed by atoms with van der Waals surface area (Å²) in [6.45, 7) is 3.23. The van der Waals surface area contributed by atoms with Crippen molar-refractivity contribution in [2.75, 3.05) is 24.5 Å².